The van der Waals surface area contributed by atoms with Gasteiger partial charge in [0.05, 0.1) is 28.5 Å². The van der Waals surface area contributed by atoms with E-state index in [1.54, 1.807) is 4.90 Å². The monoisotopic (exact) mass is 412 g/mol. The lowest BCUT2D eigenvalue weighted by Gasteiger charge is -2.32. The third-order valence-electron chi connectivity index (χ3n) is 6.87. The first kappa shape index (κ1) is 18.6. The SMILES string of the molecule is NC(=O)c1c(Cl)c(-c2ccccc2)n2c1CN(C(=O)NC1CC3CCC1C3)CC2. The molecule has 3 amide bonds. The van der Waals surface area contributed by atoms with E-state index in [0.29, 0.717) is 36.1 Å². The standard InChI is InChI=1S/C22H25ClN4O2/c23-19-18(21(24)28)17-12-26(22(29)25-16-11-13-6-7-15(16)10-13)8-9-27(17)20(19)14-4-2-1-3-5-14/h1-5,13,15-16H,6-12H2,(H2,24,28)(H,25,29). The summed E-state index contributed by atoms with van der Waals surface area (Å²) in [5.41, 5.74) is 8.44. The number of rotatable bonds is 3. The van der Waals surface area contributed by atoms with Crippen LogP contribution in [0.15, 0.2) is 30.3 Å². The van der Waals surface area contributed by atoms with Crippen molar-refractivity contribution in [2.24, 2.45) is 17.6 Å². The third-order valence-corrected chi connectivity index (χ3v) is 7.24. The molecule has 2 fully saturated rings. The van der Waals surface area contributed by atoms with Crippen molar-refractivity contribution in [2.45, 2.75) is 44.8 Å². The molecule has 152 valence electrons. The van der Waals surface area contributed by atoms with Crippen molar-refractivity contribution >= 4 is 23.5 Å². The van der Waals surface area contributed by atoms with Crippen LogP contribution in [0.25, 0.3) is 11.3 Å². The van der Waals surface area contributed by atoms with Gasteiger partial charge in [-0.25, -0.2) is 4.79 Å². The van der Waals surface area contributed by atoms with Gasteiger partial charge in [0.25, 0.3) is 5.91 Å². The molecule has 2 heterocycles. The number of nitrogens with one attached hydrogen (secondary N) is 1. The van der Waals surface area contributed by atoms with Crippen molar-refractivity contribution < 1.29 is 9.59 Å². The summed E-state index contributed by atoms with van der Waals surface area (Å²) < 4.78 is 2.04. The molecule has 2 bridgehead atoms. The van der Waals surface area contributed by atoms with E-state index in [9.17, 15) is 9.59 Å². The number of hydrogen-bond donors (Lipinski definition) is 2. The number of benzene rings is 1. The zero-order valence-electron chi connectivity index (χ0n) is 16.2. The lowest BCUT2D eigenvalue weighted by Crippen LogP contribution is -2.49. The topological polar surface area (TPSA) is 80.4 Å². The highest BCUT2D eigenvalue weighted by atomic mass is 35.5. The van der Waals surface area contributed by atoms with Crippen LogP contribution in [0.4, 0.5) is 4.79 Å². The summed E-state index contributed by atoms with van der Waals surface area (Å²) in [6.45, 7) is 1.48. The van der Waals surface area contributed by atoms with Crippen LogP contribution in [0.1, 0.15) is 41.7 Å². The quantitative estimate of drug-likeness (QED) is 0.807. The number of halogens is 1. The second-order valence-corrected chi connectivity index (χ2v) is 8.90. The van der Waals surface area contributed by atoms with Crippen LogP contribution in [0.2, 0.25) is 5.02 Å². The molecular formula is C22H25ClN4O2. The summed E-state index contributed by atoms with van der Waals surface area (Å²) in [5.74, 6) is 0.840. The fourth-order valence-corrected chi connectivity index (χ4v) is 5.91. The van der Waals surface area contributed by atoms with E-state index >= 15 is 0 Å². The van der Waals surface area contributed by atoms with E-state index in [0.717, 1.165) is 29.3 Å². The summed E-state index contributed by atoms with van der Waals surface area (Å²) in [6, 6.07) is 9.98. The molecule has 0 saturated heterocycles. The molecule has 3 aliphatic rings. The normalized spacial score (nSPS) is 25.1. The average Bonchev–Trinajstić information content (AvgIpc) is 3.40. The fourth-order valence-electron chi connectivity index (χ4n) is 5.50. The minimum atomic E-state index is -0.559. The van der Waals surface area contributed by atoms with E-state index < -0.39 is 5.91 Å². The van der Waals surface area contributed by atoms with Crippen LogP contribution in [0.3, 0.4) is 0 Å². The maximum absolute atomic E-state index is 12.9. The van der Waals surface area contributed by atoms with Crippen molar-refractivity contribution in [3.05, 3.63) is 46.6 Å². The Morgan fingerprint density at radius 3 is 2.55 bits per heavy atom. The highest BCUT2D eigenvalue weighted by Crippen LogP contribution is 2.44. The van der Waals surface area contributed by atoms with Gasteiger partial charge in [-0.1, -0.05) is 48.4 Å². The predicted octanol–water partition coefficient (Wildman–Crippen LogP) is 3.62. The highest BCUT2D eigenvalue weighted by Gasteiger charge is 2.41. The van der Waals surface area contributed by atoms with Gasteiger partial charge in [0.2, 0.25) is 0 Å². The van der Waals surface area contributed by atoms with Crippen molar-refractivity contribution in [1.29, 1.82) is 0 Å². The van der Waals surface area contributed by atoms with E-state index in [1.807, 2.05) is 34.9 Å². The van der Waals surface area contributed by atoms with Gasteiger partial charge in [0, 0.05) is 19.1 Å². The molecule has 0 radical (unpaired) electrons. The van der Waals surface area contributed by atoms with Crippen LogP contribution >= 0.6 is 11.6 Å². The first-order chi connectivity index (χ1) is 14.0. The number of amides is 3. The number of hydrogen-bond acceptors (Lipinski definition) is 2. The molecule has 6 nitrogen and oxygen atoms in total. The summed E-state index contributed by atoms with van der Waals surface area (Å²) in [6.07, 6.45) is 4.87. The minimum absolute atomic E-state index is 0.0530. The summed E-state index contributed by atoms with van der Waals surface area (Å²) in [4.78, 5) is 26.9. The molecule has 3 N–H and O–H groups in total. The Labute approximate surface area is 175 Å². The van der Waals surface area contributed by atoms with Gasteiger partial charge in [0.1, 0.15) is 0 Å². The second-order valence-electron chi connectivity index (χ2n) is 8.52. The second kappa shape index (κ2) is 7.10. The Kier molecular flexibility index (Phi) is 4.54. The Bertz CT molecular complexity index is 971. The summed E-state index contributed by atoms with van der Waals surface area (Å²) in [7, 11) is 0. The average molecular weight is 413 g/mol. The molecule has 3 unspecified atom stereocenters. The number of aromatic nitrogens is 1. The number of urea groups is 1. The molecule has 1 aliphatic heterocycles. The van der Waals surface area contributed by atoms with E-state index in [1.165, 1.54) is 19.3 Å². The van der Waals surface area contributed by atoms with Gasteiger partial charge in [-0.05, 0) is 36.7 Å². The molecule has 2 aliphatic carbocycles. The molecule has 0 spiro atoms. The number of nitrogens with two attached hydrogens (primary N) is 1. The van der Waals surface area contributed by atoms with Gasteiger partial charge >= 0.3 is 6.03 Å². The zero-order chi connectivity index (χ0) is 20.1. The minimum Gasteiger partial charge on any atom is -0.365 e. The molecule has 3 atom stereocenters. The molecule has 7 heteroatoms. The third kappa shape index (κ3) is 3.10. The molecule has 2 aromatic rings. The molecule has 1 aromatic heterocycles. The van der Waals surface area contributed by atoms with E-state index in [-0.39, 0.29) is 12.1 Å². The van der Waals surface area contributed by atoms with Crippen LogP contribution in [-0.2, 0) is 13.1 Å². The van der Waals surface area contributed by atoms with Crippen molar-refractivity contribution in [3.63, 3.8) is 0 Å². The Balaban J connectivity index is 1.42. The molecule has 1 aromatic carbocycles. The zero-order valence-corrected chi connectivity index (χ0v) is 17.0. The lowest BCUT2D eigenvalue weighted by molar-refractivity contribution is 0.0996. The maximum Gasteiger partial charge on any atom is 0.318 e. The number of carbonyl (C=O) groups is 2. The van der Waals surface area contributed by atoms with Gasteiger partial charge < -0.3 is 20.5 Å². The molecule has 2 saturated carbocycles. The number of carbonyl (C=O) groups excluding carboxylic acids is 2. The summed E-state index contributed by atoms with van der Waals surface area (Å²) in [5, 5.41) is 3.61. The first-order valence-electron chi connectivity index (χ1n) is 10.3. The van der Waals surface area contributed by atoms with E-state index in [2.05, 4.69) is 5.32 Å². The lowest BCUT2D eigenvalue weighted by atomic mass is 9.95. The van der Waals surface area contributed by atoms with Crippen LogP contribution in [0.5, 0.6) is 0 Å². The number of fused-ring (bicyclic) bond motifs is 3. The van der Waals surface area contributed by atoms with Gasteiger partial charge in [0.15, 0.2) is 0 Å². The Morgan fingerprint density at radius 2 is 1.90 bits per heavy atom. The van der Waals surface area contributed by atoms with Gasteiger partial charge in [-0.3, -0.25) is 4.79 Å². The van der Waals surface area contributed by atoms with Gasteiger partial charge in [-0.2, -0.15) is 0 Å². The maximum atomic E-state index is 12.9. The first-order valence-corrected chi connectivity index (χ1v) is 10.7. The Hall–Kier alpha value is -2.47. The van der Waals surface area contributed by atoms with Crippen LogP contribution in [-0.4, -0.2) is 34.0 Å². The van der Waals surface area contributed by atoms with Gasteiger partial charge in [-0.15, -0.1) is 0 Å². The fraction of sp³-hybridized carbons (Fsp3) is 0.455. The van der Waals surface area contributed by atoms with E-state index in [4.69, 9.17) is 17.3 Å². The molecular weight excluding hydrogens is 388 g/mol. The van der Waals surface area contributed by atoms with Crippen molar-refractivity contribution in [3.8, 4) is 11.3 Å². The van der Waals surface area contributed by atoms with Crippen molar-refractivity contribution in [1.82, 2.24) is 14.8 Å². The predicted molar refractivity (Wildman–Crippen MR) is 112 cm³/mol. The number of nitrogens with zero attached hydrogens (tertiary/aromatic N) is 2. The molecule has 5 rings (SSSR count). The molecule has 29 heavy (non-hydrogen) atoms. The highest BCUT2D eigenvalue weighted by molar-refractivity contribution is 6.36. The van der Waals surface area contributed by atoms with Crippen LogP contribution in [0, 0.1) is 11.8 Å². The van der Waals surface area contributed by atoms with Crippen LogP contribution < -0.4 is 11.1 Å². The summed E-state index contributed by atoms with van der Waals surface area (Å²) >= 11 is 6.62. The Morgan fingerprint density at radius 1 is 1.10 bits per heavy atom. The smallest absolute Gasteiger partial charge is 0.318 e. The largest absolute Gasteiger partial charge is 0.365 e. The number of primary amides is 1. The van der Waals surface area contributed by atoms with Crippen molar-refractivity contribution in [2.75, 3.05) is 6.54 Å².